The summed E-state index contributed by atoms with van der Waals surface area (Å²) in [7, 11) is 0. The van der Waals surface area contributed by atoms with Crippen LogP contribution in [0, 0.1) is 5.92 Å². The number of hydrogen-bond donors (Lipinski definition) is 0. The van der Waals surface area contributed by atoms with Crippen LogP contribution in [0.1, 0.15) is 201 Å². The van der Waals surface area contributed by atoms with Gasteiger partial charge in [-0.3, -0.25) is 0 Å². The summed E-state index contributed by atoms with van der Waals surface area (Å²) in [5.41, 5.74) is 0. The molecule has 0 N–H and O–H groups in total. The van der Waals surface area contributed by atoms with E-state index in [4.69, 9.17) is 0 Å². The second kappa shape index (κ2) is 29.0. The molecule has 0 heterocycles. The molecule has 0 aliphatic heterocycles. The largest absolute Gasteiger partial charge is 0.0654 e. The Labute approximate surface area is 206 Å². The van der Waals surface area contributed by atoms with Crippen LogP contribution in [0.25, 0.3) is 0 Å². The molecule has 0 spiro atoms. The summed E-state index contributed by atoms with van der Waals surface area (Å²) in [4.78, 5) is 0. The minimum absolute atomic E-state index is 1.15. The molecular weight excluding hydrogens is 384 g/mol. The molecule has 0 amide bonds. The molecule has 1 aliphatic carbocycles. The highest BCUT2D eigenvalue weighted by molar-refractivity contribution is 4.72. The predicted molar refractivity (Wildman–Crippen MR) is 150 cm³/mol. The molecule has 0 unspecified atom stereocenters. The van der Waals surface area contributed by atoms with Crippen molar-refractivity contribution >= 4 is 0 Å². The zero-order chi connectivity index (χ0) is 23.4. The van der Waals surface area contributed by atoms with E-state index < -0.39 is 0 Å². The highest BCUT2D eigenvalue weighted by Crippen LogP contribution is 2.34. The summed E-state index contributed by atoms with van der Waals surface area (Å²) in [5, 5.41) is 0. The molecule has 0 aromatic heterocycles. The smallest absolute Gasteiger partial charge is 0.0414 e. The lowest BCUT2D eigenvalue weighted by Crippen LogP contribution is -1.83. The van der Waals surface area contributed by atoms with Gasteiger partial charge in [0.25, 0.3) is 0 Å². The van der Waals surface area contributed by atoms with Crippen LogP contribution in [-0.4, -0.2) is 0 Å². The maximum absolute atomic E-state index is 2.29. The van der Waals surface area contributed by atoms with Crippen molar-refractivity contribution < 1.29 is 0 Å². The molecule has 0 saturated heterocycles. The van der Waals surface area contributed by atoms with Gasteiger partial charge in [-0.1, -0.05) is 201 Å². The summed E-state index contributed by atoms with van der Waals surface area (Å²) >= 11 is 0. The normalized spacial score (nSPS) is 13.2. The molecule has 194 valence electrons. The van der Waals surface area contributed by atoms with Crippen molar-refractivity contribution in [3.63, 3.8) is 0 Å². The molecule has 0 heteroatoms. The molecule has 1 saturated carbocycles. The Bertz CT molecular complexity index is 289. The monoisotopic (exact) mass is 451 g/mol. The van der Waals surface area contributed by atoms with Gasteiger partial charge in [0, 0.05) is 0 Å². The Morgan fingerprint density at radius 1 is 0.312 bits per heavy atom. The first-order valence-corrected chi connectivity index (χ1v) is 15.8. The zero-order valence-electron chi connectivity index (χ0n) is 23.4. The number of hydrogen-bond acceptors (Lipinski definition) is 0. The summed E-state index contributed by atoms with van der Waals surface area (Å²) in [6.45, 7) is 6.87. The van der Waals surface area contributed by atoms with Crippen molar-refractivity contribution in [2.24, 2.45) is 5.92 Å². The van der Waals surface area contributed by atoms with Gasteiger partial charge < -0.3 is 0 Å². The van der Waals surface area contributed by atoms with Crippen molar-refractivity contribution in [3.05, 3.63) is 0 Å². The Morgan fingerprint density at radius 3 is 0.750 bits per heavy atom. The summed E-state index contributed by atoms with van der Waals surface area (Å²) in [6, 6.07) is 0. The SMILES string of the molecule is CCCCCCCCCCCCCC1CC1.CCCCCCCCCCCCCCCC. The van der Waals surface area contributed by atoms with Crippen molar-refractivity contribution in [2.45, 2.75) is 201 Å². The van der Waals surface area contributed by atoms with Gasteiger partial charge in [0.1, 0.15) is 0 Å². The zero-order valence-corrected chi connectivity index (χ0v) is 23.4. The number of unbranched alkanes of at least 4 members (excludes halogenated alkanes) is 23. The van der Waals surface area contributed by atoms with Crippen LogP contribution < -0.4 is 0 Å². The minimum Gasteiger partial charge on any atom is -0.0654 e. The van der Waals surface area contributed by atoms with Gasteiger partial charge >= 0.3 is 0 Å². The van der Waals surface area contributed by atoms with Crippen molar-refractivity contribution in [2.75, 3.05) is 0 Å². The first kappa shape index (κ1) is 32.0. The van der Waals surface area contributed by atoms with E-state index in [1.807, 2.05) is 0 Å². The molecule has 0 atom stereocenters. The average molecular weight is 451 g/mol. The predicted octanol–water partition coefficient (Wildman–Crippen LogP) is 12.6. The summed E-state index contributed by atoms with van der Waals surface area (Å²) in [5.74, 6) is 1.15. The Balaban J connectivity index is 0.000000601. The average Bonchev–Trinajstić information content (AvgIpc) is 3.63. The van der Waals surface area contributed by atoms with E-state index >= 15 is 0 Å². The number of rotatable bonds is 25. The van der Waals surface area contributed by atoms with Gasteiger partial charge in [0.15, 0.2) is 0 Å². The van der Waals surface area contributed by atoms with Crippen LogP contribution in [0.15, 0.2) is 0 Å². The van der Waals surface area contributed by atoms with E-state index in [-0.39, 0.29) is 0 Å². The van der Waals surface area contributed by atoms with Gasteiger partial charge in [-0.05, 0) is 5.92 Å². The molecular formula is C32H66. The topological polar surface area (TPSA) is 0 Å². The first-order chi connectivity index (χ1) is 15.8. The Hall–Kier alpha value is 0. The van der Waals surface area contributed by atoms with Crippen LogP contribution in [0.5, 0.6) is 0 Å². The second-order valence-electron chi connectivity index (χ2n) is 11.0. The van der Waals surface area contributed by atoms with Gasteiger partial charge in [-0.2, -0.15) is 0 Å². The van der Waals surface area contributed by atoms with Crippen molar-refractivity contribution in [1.82, 2.24) is 0 Å². The van der Waals surface area contributed by atoms with Gasteiger partial charge in [0.2, 0.25) is 0 Å². The van der Waals surface area contributed by atoms with E-state index in [2.05, 4.69) is 20.8 Å². The molecule has 1 rings (SSSR count). The van der Waals surface area contributed by atoms with Gasteiger partial charge in [0.05, 0.1) is 0 Å². The molecule has 1 fully saturated rings. The van der Waals surface area contributed by atoms with Crippen LogP contribution in [0.3, 0.4) is 0 Å². The lowest BCUT2D eigenvalue weighted by atomic mass is 10.0. The molecule has 0 radical (unpaired) electrons. The van der Waals surface area contributed by atoms with Crippen LogP contribution >= 0.6 is 0 Å². The molecule has 0 aromatic rings. The Kier molecular flexibility index (Phi) is 29.0. The van der Waals surface area contributed by atoms with E-state index in [0.717, 1.165) is 5.92 Å². The van der Waals surface area contributed by atoms with Gasteiger partial charge in [-0.25, -0.2) is 0 Å². The van der Waals surface area contributed by atoms with Crippen LogP contribution in [-0.2, 0) is 0 Å². The molecule has 1 aliphatic rings. The van der Waals surface area contributed by atoms with E-state index in [1.165, 1.54) is 180 Å². The molecule has 0 aromatic carbocycles. The standard InChI is InChI=1S/C16H32.C16H34/c1-2-3-4-5-6-7-8-9-10-11-12-13-16-14-15-16;1-3-5-7-9-11-13-15-16-14-12-10-8-6-4-2/h16H,2-15H2,1H3;3-16H2,1-2H3. The van der Waals surface area contributed by atoms with Gasteiger partial charge in [-0.15, -0.1) is 0 Å². The highest BCUT2D eigenvalue weighted by Gasteiger charge is 2.19. The lowest BCUT2D eigenvalue weighted by Gasteiger charge is -2.02. The third-order valence-corrected chi connectivity index (χ3v) is 7.37. The van der Waals surface area contributed by atoms with Crippen LogP contribution in [0.4, 0.5) is 0 Å². The fraction of sp³-hybridized carbons (Fsp3) is 1.00. The molecule has 32 heavy (non-hydrogen) atoms. The Morgan fingerprint density at radius 2 is 0.531 bits per heavy atom. The third-order valence-electron chi connectivity index (χ3n) is 7.37. The minimum atomic E-state index is 1.15. The molecule has 0 bridgehead atoms. The van der Waals surface area contributed by atoms with Crippen LogP contribution in [0.2, 0.25) is 0 Å². The quantitative estimate of drug-likeness (QED) is 0.121. The highest BCUT2D eigenvalue weighted by atomic mass is 14.3. The fourth-order valence-corrected chi connectivity index (χ4v) is 4.77. The third kappa shape index (κ3) is 30.0. The fourth-order valence-electron chi connectivity index (χ4n) is 4.77. The van der Waals surface area contributed by atoms with E-state index in [1.54, 1.807) is 0 Å². The van der Waals surface area contributed by atoms with Crippen molar-refractivity contribution in [1.29, 1.82) is 0 Å². The maximum atomic E-state index is 2.29. The second-order valence-corrected chi connectivity index (χ2v) is 11.0. The van der Waals surface area contributed by atoms with Crippen molar-refractivity contribution in [3.8, 4) is 0 Å². The molecule has 0 nitrogen and oxygen atoms in total. The van der Waals surface area contributed by atoms with E-state index in [9.17, 15) is 0 Å². The maximum Gasteiger partial charge on any atom is -0.0414 e. The summed E-state index contributed by atoms with van der Waals surface area (Å²) < 4.78 is 0. The summed E-state index contributed by atoms with van der Waals surface area (Å²) in [6.07, 6.45) is 41.3. The first-order valence-electron chi connectivity index (χ1n) is 15.8. The lowest BCUT2D eigenvalue weighted by molar-refractivity contribution is 0.536. The van der Waals surface area contributed by atoms with E-state index in [0.29, 0.717) is 0 Å².